The van der Waals surface area contributed by atoms with E-state index in [9.17, 15) is 9.18 Å². The highest BCUT2D eigenvalue weighted by Gasteiger charge is 2.18. The van der Waals surface area contributed by atoms with Crippen LogP contribution in [0, 0.1) is 5.82 Å². The summed E-state index contributed by atoms with van der Waals surface area (Å²) in [6, 6.07) is 10.3. The lowest BCUT2D eigenvalue weighted by molar-refractivity contribution is 0.293. The number of hydrogen-bond donors (Lipinski definition) is 1. The number of nitrogens with one attached hydrogen (secondary N) is 1. The fraction of sp³-hybridized carbons (Fsp3) is 0.217. The third kappa shape index (κ3) is 3.17. The number of aromatic nitrogens is 3. The molecule has 4 heterocycles. The van der Waals surface area contributed by atoms with Crippen molar-refractivity contribution in [1.29, 1.82) is 0 Å². The second-order valence-corrected chi connectivity index (χ2v) is 6.99. The first-order valence-electron chi connectivity index (χ1n) is 11.5. The van der Waals surface area contributed by atoms with Gasteiger partial charge in [0, 0.05) is 58.8 Å². The Morgan fingerprint density at radius 1 is 1.33 bits per heavy atom. The Bertz CT molecular complexity index is 1480. The molecule has 152 valence electrons. The van der Waals surface area contributed by atoms with Gasteiger partial charge in [0.1, 0.15) is 23.8 Å². The van der Waals surface area contributed by atoms with Crippen LogP contribution in [-0.2, 0) is 26.5 Å². The lowest BCUT2D eigenvalue weighted by Gasteiger charge is -2.14. The maximum Gasteiger partial charge on any atom is 0.258 e. The molecule has 1 aliphatic heterocycles. The molecule has 0 atom stereocenters. The molecule has 30 heavy (non-hydrogen) atoms. The van der Waals surface area contributed by atoms with E-state index in [0.29, 0.717) is 24.2 Å². The van der Waals surface area contributed by atoms with Gasteiger partial charge in [0.25, 0.3) is 5.56 Å². The Morgan fingerprint density at radius 3 is 3.07 bits per heavy atom. The highest BCUT2D eigenvalue weighted by atomic mass is 19.1. The van der Waals surface area contributed by atoms with Gasteiger partial charge in [-0.05, 0) is 35.9 Å². The lowest BCUT2D eigenvalue weighted by atomic mass is 10.1. The summed E-state index contributed by atoms with van der Waals surface area (Å²) >= 11 is 0. The zero-order valence-corrected chi connectivity index (χ0v) is 16.1. The summed E-state index contributed by atoms with van der Waals surface area (Å²) in [5, 5.41) is 3.68. The lowest BCUT2D eigenvalue weighted by Crippen LogP contribution is -2.24. The van der Waals surface area contributed by atoms with Crippen LogP contribution in [0.4, 0.5) is 4.39 Å². The van der Waals surface area contributed by atoms with Crippen LogP contribution in [0.3, 0.4) is 0 Å². The van der Waals surface area contributed by atoms with Crippen molar-refractivity contribution in [3.8, 4) is 11.4 Å². The molecule has 0 aliphatic carbocycles. The summed E-state index contributed by atoms with van der Waals surface area (Å²) in [5.41, 5.74) is 1.91. The number of pyridine rings is 2. The van der Waals surface area contributed by atoms with E-state index in [1.54, 1.807) is 12.1 Å². The van der Waals surface area contributed by atoms with Crippen molar-refractivity contribution in [2.75, 3.05) is 6.54 Å². The Morgan fingerprint density at radius 2 is 2.23 bits per heavy atom. The van der Waals surface area contributed by atoms with Crippen molar-refractivity contribution in [2.24, 2.45) is 7.05 Å². The molecule has 3 aromatic heterocycles. The van der Waals surface area contributed by atoms with E-state index in [4.69, 9.17) is 10.2 Å². The smallest absolute Gasteiger partial charge is 0.258 e. The molecule has 0 spiro atoms. The summed E-state index contributed by atoms with van der Waals surface area (Å²) < 4.78 is 55.3. The number of halogens is 1. The molecule has 6 nitrogen and oxygen atoms in total. The van der Waals surface area contributed by atoms with E-state index >= 15 is 0 Å². The van der Waals surface area contributed by atoms with Gasteiger partial charge in [-0.15, -0.1) is 0 Å². The average molecular weight is 408 g/mol. The molecular weight excluding hydrogens is 383 g/mol. The van der Waals surface area contributed by atoms with E-state index in [0.717, 1.165) is 28.7 Å². The van der Waals surface area contributed by atoms with Crippen LogP contribution in [0.25, 0.3) is 16.6 Å². The van der Waals surface area contributed by atoms with Crippen LogP contribution in [0.15, 0.2) is 59.7 Å². The molecule has 1 N–H and O–H groups in total. The number of rotatable bonds is 4. The van der Waals surface area contributed by atoms with E-state index in [-0.39, 0.29) is 5.75 Å². The third-order valence-electron chi connectivity index (χ3n) is 5.20. The number of nitrogens with zero attached hydrogens (tertiary/aromatic N) is 3. The van der Waals surface area contributed by atoms with Crippen LogP contribution in [0.1, 0.15) is 22.4 Å². The molecule has 1 aromatic carbocycles. The number of aryl methyl sites for hydroxylation is 1. The zero-order chi connectivity index (χ0) is 24.3. The fourth-order valence-corrected chi connectivity index (χ4v) is 3.70. The van der Waals surface area contributed by atoms with Crippen LogP contribution in [0.5, 0.6) is 5.75 Å². The Kier molecular flexibility index (Phi) is 3.59. The molecular formula is C23H21FN4O2. The normalized spacial score (nSPS) is 17.5. The van der Waals surface area contributed by atoms with Crippen molar-refractivity contribution in [2.45, 2.75) is 19.5 Å². The molecule has 0 amide bonds. The van der Waals surface area contributed by atoms with Crippen molar-refractivity contribution >= 4 is 10.9 Å². The summed E-state index contributed by atoms with van der Waals surface area (Å²) in [6.45, 7) is -3.68. The molecule has 4 aromatic rings. The number of fused-ring (bicyclic) bond motifs is 3. The van der Waals surface area contributed by atoms with E-state index < -0.39 is 30.1 Å². The van der Waals surface area contributed by atoms with Gasteiger partial charge in [0.05, 0.1) is 13.9 Å². The minimum atomic E-state index is -2.57. The predicted octanol–water partition coefficient (Wildman–Crippen LogP) is 3.09. The summed E-state index contributed by atoms with van der Waals surface area (Å²) in [7, 11) is 1.88. The third-order valence-corrected chi connectivity index (χ3v) is 5.20. The van der Waals surface area contributed by atoms with Gasteiger partial charge >= 0.3 is 0 Å². The number of benzene rings is 1. The molecule has 1 aliphatic rings. The van der Waals surface area contributed by atoms with Crippen LogP contribution in [-0.4, -0.2) is 20.7 Å². The predicted molar refractivity (Wildman–Crippen MR) is 112 cm³/mol. The van der Waals surface area contributed by atoms with Crippen LogP contribution < -0.4 is 15.6 Å². The van der Waals surface area contributed by atoms with E-state index in [1.807, 2.05) is 17.7 Å². The topological polar surface area (TPSA) is 61.1 Å². The molecule has 0 bridgehead atoms. The standard InChI is InChI=1S/C23H21FN4O2/c1-27-21-6-9-25-13-18(21)17-5-4-15(11-22(17)27)28-10-7-16(12-23(28)29)30-14-20-19(24)3-2-8-26-20/h2-5,7-8,10-12,25H,6,9,13-14H2,1H3/i13D2,14D2. The first-order valence-corrected chi connectivity index (χ1v) is 9.48. The first-order chi connectivity index (χ1) is 16.1. The molecule has 0 saturated carbocycles. The maximum absolute atomic E-state index is 14.0. The minimum absolute atomic E-state index is 0.0639. The van der Waals surface area contributed by atoms with Gasteiger partial charge < -0.3 is 14.6 Å². The van der Waals surface area contributed by atoms with Crippen molar-refractivity contribution in [3.63, 3.8) is 0 Å². The number of ether oxygens (including phenoxy) is 1. The van der Waals surface area contributed by atoms with Crippen LogP contribution in [0.2, 0.25) is 0 Å². The van der Waals surface area contributed by atoms with Crippen LogP contribution >= 0.6 is 0 Å². The quantitative estimate of drug-likeness (QED) is 0.564. The van der Waals surface area contributed by atoms with E-state index in [1.165, 1.54) is 29.1 Å². The van der Waals surface area contributed by atoms with Gasteiger partial charge in [-0.2, -0.15) is 0 Å². The minimum Gasteiger partial charge on any atom is -0.487 e. The average Bonchev–Trinajstić information content (AvgIpc) is 3.06. The molecule has 0 radical (unpaired) electrons. The second kappa shape index (κ2) is 7.42. The molecule has 0 saturated heterocycles. The zero-order valence-electron chi connectivity index (χ0n) is 20.1. The monoisotopic (exact) mass is 408 g/mol. The van der Waals surface area contributed by atoms with Gasteiger partial charge in [0.15, 0.2) is 0 Å². The summed E-state index contributed by atoms with van der Waals surface area (Å²) in [6.07, 6.45) is 3.41. The fourth-order valence-electron chi connectivity index (χ4n) is 3.70. The van der Waals surface area contributed by atoms with Crippen molar-refractivity contribution in [3.05, 3.63) is 88.0 Å². The molecule has 0 fully saturated rings. The van der Waals surface area contributed by atoms with Gasteiger partial charge in [0.2, 0.25) is 0 Å². The Balaban J connectivity index is 1.51. The van der Waals surface area contributed by atoms with Crippen molar-refractivity contribution in [1.82, 2.24) is 19.4 Å². The highest BCUT2D eigenvalue weighted by molar-refractivity contribution is 5.87. The molecule has 7 heteroatoms. The number of hydrogen-bond acceptors (Lipinski definition) is 4. The summed E-state index contributed by atoms with van der Waals surface area (Å²) in [5.74, 6) is -0.912. The summed E-state index contributed by atoms with van der Waals surface area (Å²) in [4.78, 5) is 16.6. The van der Waals surface area contributed by atoms with Gasteiger partial charge in [-0.3, -0.25) is 14.3 Å². The Hall–Kier alpha value is -3.45. The maximum atomic E-state index is 14.0. The molecule has 5 rings (SSSR count). The largest absolute Gasteiger partial charge is 0.487 e. The van der Waals surface area contributed by atoms with Gasteiger partial charge in [-0.1, -0.05) is 6.07 Å². The Labute approximate surface area is 178 Å². The first kappa shape index (κ1) is 14.5. The SMILES string of the molecule is [2H]C1([2H])NCCc2c1c1ccc(-n3ccc(OC([2H])([2H])c4ncccc4F)cc3=O)cc1n2C. The molecule has 0 unspecified atom stereocenters. The highest BCUT2D eigenvalue weighted by Crippen LogP contribution is 2.29. The van der Waals surface area contributed by atoms with E-state index in [2.05, 4.69) is 10.3 Å². The van der Waals surface area contributed by atoms with Gasteiger partial charge in [-0.25, -0.2) is 4.39 Å². The van der Waals surface area contributed by atoms with Crippen molar-refractivity contribution < 1.29 is 14.6 Å². The second-order valence-electron chi connectivity index (χ2n) is 6.99.